The molecular formula is C17H19NO2. The highest BCUT2D eigenvalue weighted by Crippen LogP contribution is 2.18. The van der Waals surface area contributed by atoms with Gasteiger partial charge in [-0.05, 0) is 37.6 Å². The maximum atomic E-state index is 11.8. The second-order valence-corrected chi connectivity index (χ2v) is 4.78. The van der Waals surface area contributed by atoms with Crippen molar-refractivity contribution >= 4 is 11.6 Å². The molecule has 20 heavy (non-hydrogen) atoms. The first-order valence-corrected chi connectivity index (χ1v) is 6.70. The summed E-state index contributed by atoms with van der Waals surface area (Å²) in [4.78, 5) is 11.8. The normalized spacial score (nSPS) is 10.1. The summed E-state index contributed by atoms with van der Waals surface area (Å²) in [7, 11) is 0. The summed E-state index contributed by atoms with van der Waals surface area (Å²) in [5.41, 5.74) is 3.11. The van der Waals surface area contributed by atoms with E-state index < -0.39 is 0 Å². The van der Waals surface area contributed by atoms with Crippen molar-refractivity contribution in [2.45, 2.75) is 20.3 Å². The minimum atomic E-state index is -0.0408. The molecule has 0 unspecified atom stereocenters. The predicted molar refractivity (Wildman–Crippen MR) is 81.1 cm³/mol. The smallest absolute Gasteiger partial charge is 0.227 e. The number of anilines is 1. The Hall–Kier alpha value is -2.29. The van der Waals surface area contributed by atoms with E-state index in [0.29, 0.717) is 13.0 Å². The van der Waals surface area contributed by atoms with Gasteiger partial charge in [0.05, 0.1) is 13.0 Å². The summed E-state index contributed by atoms with van der Waals surface area (Å²) in [6.07, 6.45) is 0.336. The number of hydrogen-bond acceptors (Lipinski definition) is 2. The zero-order valence-electron chi connectivity index (χ0n) is 11.8. The predicted octanol–water partition coefficient (Wildman–Crippen LogP) is 3.71. The molecule has 0 saturated carbocycles. The van der Waals surface area contributed by atoms with Gasteiger partial charge in [-0.2, -0.15) is 0 Å². The highest BCUT2D eigenvalue weighted by molar-refractivity contribution is 5.90. The van der Waals surface area contributed by atoms with Crippen LogP contribution in [0.4, 0.5) is 5.69 Å². The maximum absolute atomic E-state index is 11.8. The molecule has 3 heteroatoms. The highest BCUT2D eigenvalue weighted by atomic mass is 16.5. The quantitative estimate of drug-likeness (QED) is 0.898. The lowest BCUT2D eigenvalue weighted by atomic mass is 10.1. The van der Waals surface area contributed by atoms with E-state index in [9.17, 15) is 4.79 Å². The average molecular weight is 269 g/mol. The maximum Gasteiger partial charge on any atom is 0.227 e. The van der Waals surface area contributed by atoms with E-state index in [-0.39, 0.29) is 5.91 Å². The van der Waals surface area contributed by atoms with Crippen LogP contribution in [0.15, 0.2) is 48.5 Å². The molecule has 1 amide bonds. The standard InChI is InChI=1S/C17H19NO2/c1-13-8-9-16(14(2)12-13)20-11-10-17(19)18-15-6-4-3-5-7-15/h3-9,12H,10-11H2,1-2H3,(H,18,19). The van der Waals surface area contributed by atoms with E-state index in [0.717, 1.165) is 17.0 Å². The van der Waals surface area contributed by atoms with Gasteiger partial charge in [0, 0.05) is 5.69 Å². The Morgan fingerprint density at radius 1 is 1.10 bits per heavy atom. The summed E-state index contributed by atoms with van der Waals surface area (Å²) in [6, 6.07) is 15.4. The van der Waals surface area contributed by atoms with E-state index in [1.165, 1.54) is 5.56 Å². The fraction of sp³-hybridized carbons (Fsp3) is 0.235. The summed E-state index contributed by atoms with van der Waals surface area (Å²) in [6.45, 7) is 4.43. The number of para-hydroxylation sites is 1. The van der Waals surface area contributed by atoms with Gasteiger partial charge in [-0.25, -0.2) is 0 Å². The fourth-order valence-electron chi connectivity index (χ4n) is 1.96. The Morgan fingerprint density at radius 2 is 1.85 bits per heavy atom. The minimum absolute atomic E-state index is 0.0408. The van der Waals surface area contributed by atoms with Gasteiger partial charge >= 0.3 is 0 Å². The van der Waals surface area contributed by atoms with Crippen molar-refractivity contribution in [1.29, 1.82) is 0 Å². The Labute approximate surface area is 119 Å². The minimum Gasteiger partial charge on any atom is -0.493 e. The molecule has 0 bridgehead atoms. The first-order chi connectivity index (χ1) is 9.65. The van der Waals surface area contributed by atoms with Crippen molar-refractivity contribution in [3.05, 3.63) is 59.7 Å². The number of amides is 1. The molecule has 1 N–H and O–H groups in total. The van der Waals surface area contributed by atoms with Crippen LogP contribution in [0, 0.1) is 13.8 Å². The van der Waals surface area contributed by atoms with E-state index >= 15 is 0 Å². The van der Waals surface area contributed by atoms with Crippen molar-refractivity contribution in [3.63, 3.8) is 0 Å². The summed E-state index contributed by atoms with van der Waals surface area (Å²) in [5, 5.41) is 2.83. The van der Waals surface area contributed by atoms with E-state index in [2.05, 4.69) is 11.4 Å². The fourth-order valence-corrected chi connectivity index (χ4v) is 1.96. The first-order valence-electron chi connectivity index (χ1n) is 6.70. The number of hydrogen-bond donors (Lipinski definition) is 1. The van der Waals surface area contributed by atoms with Crippen LogP contribution in [-0.4, -0.2) is 12.5 Å². The first kappa shape index (κ1) is 14.1. The highest BCUT2D eigenvalue weighted by Gasteiger charge is 2.04. The third-order valence-corrected chi connectivity index (χ3v) is 2.97. The van der Waals surface area contributed by atoms with Gasteiger partial charge in [0.25, 0.3) is 0 Å². The van der Waals surface area contributed by atoms with Crippen LogP contribution in [0.1, 0.15) is 17.5 Å². The number of ether oxygens (including phenoxy) is 1. The van der Waals surface area contributed by atoms with Crippen molar-refractivity contribution in [2.75, 3.05) is 11.9 Å². The number of nitrogens with one attached hydrogen (secondary N) is 1. The number of carbonyl (C=O) groups is 1. The third kappa shape index (κ3) is 4.12. The largest absolute Gasteiger partial charge is 0.493 e. The molecule has 0 radical (unpaired) electrons. The molecule has 0 aliphatic heterocycles. The molecule has 0 fully saturated rings. The van der Waals surface area contributed by atoms with E-state index in [1.807, 2.05) is 56.3 Å². The molecule has 0 saturated heterocycles. The van der Waals surface area contributed by atoms with Crippen molar-refractivity contribution in [1.82, 2.24) is 0 Å². The van der Waals surface area contributed by atoms with Crippen molar-refractivity contribution < 1.29 is 9.53 Å². The summed E-state index contributed by atoms with van der Waals surface area (Å²) >= 11 is 0. The molecule has 0 heterocycles. The Morgan fingerprint density at radius 3 is 2.55 bits per heavy atom. The van der Waals surface area contributed by atoms with Crippen LogP contribution in [0.5, 0.6) is 5.75 Å². The van der Waals surface area contributed by atoms with Gasteiger partial charge in [0.1, 0.15) is 5.75 Å². The van der Waals surface area contributed by atoms with Crippen LogP contribution in [-0.2, 0) is 4.79 Å². The Kier molecular flexibility index (Phi) is 4.77. The van der Waals surface area contributed by atoms with Gasteiger partial charge in [-0.3, -0.25) is 4.79 Å². The lowest BCUT2D eigenvalue weighted by Crippen LogP contribution is -2.15. The topological polar surface area (TPSA) is 38.3 Å². The van der Waals surface area contributed by atoms with Gasteiger partial charge < -0.3 is 10.1 Å². The van der Waals surface area contributed by atoms with Crippen molar-refractivity contribution in [3.8, 4) is 5.75 Å². The molecule has 0 atom stereocenters. The number of benzene rings is 2. The van der Waals surface area contributed by atoms with Crippen molar-refractivity contribution in [2.24, 2.45) is 0 Å². The average Bonchev–Trinajstić information content (AvgIpc) is 2.42. The molecule has 0 spiro atoms. The molecule has 2 rings (SSSR count). The van der Waals surface area contributed by atoms with E-state index in [4.69, 9.17) is 4.74 Å². The Bertz CT molecular complexity index is 579. The number of rotatable bonds is 5. The zero-order chi connectivity index (χ0) is 14.4. The molecule has 0 aliphatic rings. The van der Waals surface area contributed by atoms with Gasteiger partial charge in [0.15, 0.2) is 0 Å². The van der Waals surface area contributed by atoms with Crippen LogP contribution >= 0.6 is 0 Å². The Balaban J connectivity index is 1.79. The monoisotopic (exact) mass is 269 g/mol. The van der Waals surface area contributed by atoms with Crippen LogP contribution in [0.3, 0.4) is 0 Å². The second-order valence-electron chi connectivity index (χ2n) is 4.78. The van der Waals surface area contributed by atoms with Crippen LogP contribution in [0.2, 0.25) is 0 Å². The molecular weight excluding hydrogens is 250 g/mol. The lowest BCUT2D eigenvalue weighted by molar-refractivity contribution is -0.116. The molecule has 0 aromatic heterocycles. The molecule has 104 valence electrons. The number of aryl methyl sites for hydroxylation is 2. The lowest BCUT2D eigenvalue weighted by Gasteiger charge is -2.10. The summed E-state index contributed by atoms with van der Waals surface area (Å²) in [5.74, 6) is 0.795. The molecule has 2 aromatic carbocycles. The van der Waals surface area contributed by atoms with E-state index in [1.54, 1.807) is 0 Å². The van der Waals surface area contributed by atoms with Gasteiger partial charge in [-0.15, -0.1) is 0 Å². The van der Waals surface area contributed by atoms with Gasteiger partial charge in [0.2, 0.25) is 5.91 Å². The molecule has 3 nitrogen and oxygen atoms in total. The number of carbonyl (C=O) groups excluding carboxylic acids is 1. The SMILES string of the molecule is Cc1ccc(OCCC(=O)Nc2ccccc2)c(C)c1. The zero-order valence-corrected chi connectivity index (χ0v) is 11.8. The molecule has 2 aromatic rings. The van der Waals surface area contributed by atoms with Crippen LogP contribution in [0.25, 0.3) is 0 Å². The summed E-state index contributed by atoms with van der Waals surface area (Å²) < 4.78 is 5.64. The van der Waals surface area contributed by atoms with Crippen LogP contribution < -0.4 is 10.1 Å². The third-order valence-electron chi connectivity index (χ3n) is 2.97. The van der Waals surface area contributed by atoms with Gasteiger partial charge in [-0.1, -0.05) is 35.9 Å². The molecule has 0 aliphatic carbocycles. The second kappa shape index (κ2) is 6.75.